The molecule has 5 rings (SSSR count). The molecule has 0 atom stereocenters. The van der Waals surface area contributed by atoms with Crippen LogP contribution >= 0.6 is 22.6 Å². The Balaban J connectivity index is 1.54. The smallest absolute Gasteiger partial charge is 0.336 e. The lowest BCUT2D eigenvalue weighted by atomic mass is 10.1. The van der Waals surface area contributed by atoms with Gasteiger partial charge in [-0.3, -0.25) is 4.57 Å². The third-order valence-corrected chi connectivity index (χ3v) is 5.41. The summed E-state index contributed by atoms with van der Waals surface area (Å²) in [7, 11) is 0. The van der Waals surface area contributed by atoms with Crippen molar-refractivity contribution in [2.45, 2.75) is 13.5 Å². The molecule has 7 heteroatoms. The number of halogens is 1. The van der Waals surface area contributed by atoms with Crippen molar-refractivity contribution >= 4 is 44.5 Å². The SMILES string of the molecule is Cc1ccc2c(Cn3cc(-n4ccc5cc(I)ccc54)nn3)cc(=O)oc2c1. The standard InChI is InChI=1S/C21H15IN4O2/c1-13-2-4-17-15(10-21(27)28-19(17)8-13)11-25-12-20(23-24-25)26-7-6-14-9-16(22)3-5-18(14)26/h2-10,12H,11H2,1H3. The van der Waals surface area contributed by atoms with Gasteiger partial charge in [0.2, 0.25) is 0 Å². The summed E-state index contributed by atoms with van der Waals surface area (Å²) in [5, 5.41) is 10.6. The van der Waals surface area contributed by atoms with E-state index >= 15 is 0 Å². The average Bonchev–Trinajstić information content (AvgIpc) is 3.27. The van der Waals surface area contributed by atoms with E-state index in [1.807, 2.05) is 42.1 Å². The zero-order valence-electron chi connectivity index (χ0n) is 15.0. The second kappa shape index (κ2) is 6.59. The number of nitrogens with zero attached hydrogens (tertiary/aromatic N) is 4. The largest absolute Gasteiger partial charge is 0.423 e. The van der Waals surface area contributed by atoms with Crippen LogP contribution < -0.4 is 5.63 Å². The van der Waals surface area contributed by atoms with E-state index in [1.54, 1.807) is 4.68 Å². The maximum absolute atomic E-state index is 12.0. The highest BCUT2D eigenvalue weighted by Crippen LogP contribution is 2.22. The summed E-state index contributed by atoms with van der Waals surface area (Å²) in [5.74, 6) is 0.735. The molecule has 0 aliphatic heterocycles. The lowest BCUT2D eigenvalue weighted by molar-refractivity contribution is 0.555. The van der Waals surface area contributed by atoms with Gasteiger partial charge in [-0.2, -0.15) is 0 Å². The Bertz CT molecular complexity index is 1400. The van der Waals surface area contributed by atoms with Crippen molar-refractivity contribution in [2.24, 2.45) is 0 Å². The molecule has 138 valence electrons. The van der Waals surface area contributed by atoms with Gasteiger partial charge in [0.05, 0.1) is 18.3 Å². The van der Waals surface area contributed by atoms with Crippen LogP contribution in [0, 0.1) is 10.5 Å². The normalized spacial score (nSPS) is 11.5. The third kappa shape index (κ3) is 3.01. The zero-order chi connectivity index (χ0) is 19.3. The van der Waals surface area contributed by atoms with Gasteiger partial charge >= 0.3 is 5.63 Å². The van der Waals surface area contributed by atoms with Gasteiger partial charge in [-0.05, 0) is 71.0 Å². The fourth-order valence-corrected chi connectivity index (χ4v) is 3.95. The molecule has 0 aliphatic carbocycles. The van der Waals surface area contributed by atoms with Crippen molar-refractivity contribution in [3.05, 3.63) is 86.0 Å². The van der Waals surface area contributed by atoms with E-state index in [0.29, 0.717) is 12.1 Å². The van der Waals surface area contributed by atoms with E-state index in [2.05, 4.69) is 57.2 Å². The summed E-state index contributed by atoms with van der Waals surface area (Å²) in [4.78, 5) is 12.0. The van der Waals surface area contributed by atoms with Crippen molar-refractivity contribution in [3.63, 3.8) is 0 Å². The van der Waals surface area contributed by atoms with Crippen LogP contribution in [0.2, 0.25) is 0 Å². The summed E-state index contributed by atoms with van der Waals surface area (Å²) in [6, 6.07) is 15.7. The van der Waals surface area contributed by atoms with E-state index in [1.165, 1.54) is 9.64 Å². The Labute approximate surface area is 173 Å². The van der Waals surface area contributed by atoms with Gasteiger partial charge in [0, 0.05) is 26.6 Å². The number of aryl methyl sites for hydroxylation is 1. The minimum Gasteiger partial charge on any atom is -0.423 e. The second-order valence-corrected chi connectivity index (χ2v) is 8.00. The second-order valence-electron chi connectivity index (χ2n) is 6.75. The molecule has 6 nitrogen and oxygen atoms in total. The molecule has 0 aliphatic rings. The fourth-order valence-electron chi connectivity index (χ4n) is 3.43. The van der Waals surface area contributed by atoms with Crippen LogP contribution in [-0.2, 0) is 6.54 Å². The van der Waals surface area contributed by atoms with Gasteiger partial charge in [-0.1, -0.05) is 17.3 Å². The number of hydrogen-bond acceptors (Lipinski definition) is 4. The van der Waals surface area contributed by atoms with Gasteiger partial charge in [-0.25, -0.2) is 9.48 Å². The highest BCUT2D eigenvalue weighted by atomic mass is 127. The molecule has 0 radical (unpaired) electrons. The maximum Gasteiger partial charge on any atom is 0.336 e. The van der Waals surface area contributed by atoms with Crippen molar-refractivity contribution in [1.82, 2.24) is 19.6 Å². The van der Waals surface area contributed by atoms with E-state index in [0.717, 1.165) is 33.2 Å². The Morgan fingerprint density at radius 2 is 2.00 bits per heavy atom. The van der Waals surface area contributed by atoms with Crippen LogP contribution in [0.5, 0.6) is 0 Å². The molecule has 0 fully saturated rings. The lowest BCUT2D eigenvalue weighted by Gasteiger charge is -2.05. The molecular weight excluding hydrogens is 467 g/mol. The molecule has 0 saturated carbocycles. The topological polar surface area (TPSA) is 65.8 Å². The number of aromatic nitrogens is 4. The molecule has 0 saturated heterocycles. The van der Waals surface area contributed by atoms with Crippen LogP contribution in [-0.4, -0.2) is 19.6 Å². The molecule has 3 aromatic heterocycles. The Hall–Kier alpha value is -2.94. The van der Waals surface area contributed by atoms with E-state index in [4.69, 9.17) is 4.42 Å². The molecular formula is C21H15IN4O2. The fraction of sp³-hybridized carbons (Fsp3) is 0.0952. The molecule has 0 N–H and O–H groups in total. The minimum atomic E-state index is -0.362. The van der Waals surface area contributed by atoms with Crippen LogP contribution in [0.3, 0.4) is 0 Å². The van der Waals surface area contributed by atoms with Crippen molar-refractivity contribution in [2.75, 3.05) is 0 Å². The molecule has 0 spiro atoms. The van der Waals surface area contributed by atoms with Crippen LogP contribution in [0.4, 0.5) is 0 Å². The van der Waals surface area contributed by atoms with Gasteiger partial charge in [-0.15, -0.1) is 5.10 Å². The quantitative estimate of drug-likeness (QED) is 0.284. The van der Waals surface area contributed by atoms with Crippen LogP contribution in [0.25, 0.3) is 27.7 Å². The molecule has 3 heterocycles. The van der Waals surface area contributed by atoms with E-state index < -0.39 is 0 Å². The Morgan fingerprint density at radius 3 is 2.89 bits per heavy atom. The highest BCUT2D eigenvalue weighted by molar-refractivity contribution is 14.1. The zero-order valence-corrected chi connectivity index (χ0v) is 17.1. The molecule has 0 unspecified atom stereocenters. The Morgan fingerprint density at radius 1 is 1.11 bits per heavy atom. The van der Waals surface area contributed by atoms with Crippen LogP contribution in [0.1, 0.15) is 11.1 Å². The van der Waals surface area contributed by atoms with Gasteiger partial charge in [0.25, 0.3) is 0 Å². The van der Waals surface area contributed by atoms with E-state index in [-0.39, 0.29) is 5.63 Å². The first kappa shape index (κ1) is 17.2. The number of benzene rings is 2. The minimum absolute atomic E-state index is 0.362. The van der Waals surface area contributed by atoms with Crippen molar-refractivity contribution < 1.29 is 4.42 Å². The summed E-state index contributed by atoms with van der Waals surface area (Å²) < 4.78 is 10.3. The van der Waals surface area contributed by atoms with Gasteiger partial charge < -0.3 is 4.42 Å². The van der Waals surface area contributed by atoms with Crippen LogP contribution in [0.15, 0.2) is 70.1 Å². The van der Waals surface area contributed by atoms with Gasteiger partial charge in [0.1, 0.15) is 5.58 Å². The summed E-state index contributed by atoms with van der Waals surface area (Å²) in [5.41, 5.74) is 3.21. The third-order valence-electron chi connectivity index (χ3n) is 4.74. The van der Waals surface area contributed by atoms with E-state index in [9.17, 15) is 4.79 Å². The van der Waals surface area contributed by atoms with Crippen molar-refractivity contribution in [1.29, 1.82) is 0 Å². The first-order chi connectivity index (χ1) is 13.6. The average molecular weight is 482 g/mol. The predicted octanol–water partition coefficient (Wildman–Crippen LogP) is 4.29. The number of fused-ring (bicyclic) bond motifs is 2. The van der Waals surface area contributed by atoms with Crippen molar-refractivity contribution in [3.8, 4) is 5.82 Å². The monoisotopic (exact) mass is 482 g/mol. The molecule has 28 heavy (non-hydrogen) atoms. The Kier molecular flexibility index (Phi) is 4.04. The summed E-state index contributed by atoms with van der Waals surface area (Å²) in [6.45, 7) is 2.41. The lowest BCUT2D eigenvalue weighted by Crippen LogP contribution is -2.06. The summed E-state index contributed by atoms with van der Waals surface area (Å²) in [6.07, 6.45) is 3.87. The first-order valence-corrected chi connectivity index (χ1v) is 9.85. The number of hydrogen-bond donors (Lipinski definition) is 0. The maximum atomic E-state index is 12.0. The number of rotatable bonds is 3. The molecule has 0 amide bonds. The summed E-state index contributed by atoms with van der Waals surface area (Å²) >= 11 is 2.31. The van der Waals surface area contributed by atoms with Gasteiger partial charge in [0.15, 0.2) is 5.82 Å². The molecule has 0 bridgehead atoms. The molecule has 5 aromatic rings. The molecule has 2 aromatic carbocycles. The predicted molar refractivity (Wildman–Crippen MR) is 116 cm³/mol. The highest BCUT2D eigenvalue weighted by Gasteiger charge is 2.11. The first-order valence-electron chi connectivity index (χ1n) is 8.77.